The first kappa shape index (κ1) is 18.4. The minimum Gasteiger partial charge on any atom is -0.457 e. The molecule has 2 aliphatic heterocycles. The number of nitrogens with zero attached hydrogens (tertiary/aromatic N) is 2. The Morgan fingerprint density at radius 3 is 2.52 bits per heavy atom. The first-order chi connectivity index (χ1) is 13.3. The average Bonchev–Trinajstić information content (AvgIpc) is 2.70. The number of β-amino-alcohol motifs (C(OH)–C–C–N with tert-alkyl or cyclic N) is 1. The largest absolute Gasteiger partial charge is 0.457 e. The Bertz CT molecular complexity index is 719. The highest BCUT2D eigenvalue weighted by Crippen LogP contribution is 2.24. The molecule has 0 saturated carbocycles. The van der Waals surface area contributed by atoms with Crippen LogP contribution in [0.2, 0.25) is 0 Å². The van der Waals surface area contributed by atoms with Gasteiger partial charge in [0.15, 0.2) is 0 Å². The Morgan fingerprint density at radius 2 is 1.74 bits per heavy atom. The smallest absolute Gasteiger partial charge is 0.127 e. The normalized spacial score (nSPS) is 24.6. The maximum Gasteiger partial charge on any atom is 0.127 e. The van der Waals surface area contributed by atoms with Gasteiger partial charge in [0.05, 0.1) is 19.3 Å². The van der Waals surface area contributed by atoms with Gasteiger partial charge in [-0.15, -0.1) is 0 Å². The zero-order valence-electron chi connectivity index (χ0n) is 15.7. The van der Waals surface area contributed by atoms with Crippen LogP contribution in [-0.2, 0) is 11.3 Å². The van der Waals surface area contributed by atoms with E-state index in [1.807, 2.05) is 42.5 Å². The van der Waals surface area contributed by atoms with E-state index < -0.39 is 0 Å². The lowest BCUT2D eigenvalue weighted by atomic mass is 9.99. The second-order valence-electron chi connectivity index (χ2n) is 7.37. The molecule has 2 aromatic carbocycles. The Balaban J connectivity index is 1.34. The van der Waals surface area contributed by atoms with Crippen LogP contribution in [0.4, 0.5) is 0 Å². The van der Waals surface area contributed by atoms with Gasteiger partial charge in [0.25, 0.3) is 0 Å². The summed E-state index contributed by atoms with van der Waals surface area (Å²) in [5.41, 5.74) is 1.21. The van der Waals surface area contributed by atoms with Crippen LogP contribution in [0.25, 0.3) is 0 Å². The lowest BCUT2D eigenvalue weighted by molar-refractivity contribution is -0.0534. The molecule has 2 aromatic rings. The van der Waals surface area contributed by atoms with Gasteiger partial charge >= 0.3 is 0 Å². The van der Waals surface area contributed by atoms with Crippen molar-refractivity contribution in [3.63, 3.8) is 0 Å². The van der Waals surface area contributed by atoms with Crippen LogP contribution < -0.4 is 4.74 Å². The predicted molar refractivity (Wildman–Crippen MR) is 105 cm³/mol. The number of ether oxygens (including phenoxy) is 2. The van der Waals surface area contributed by atoms with Gasteiger partial charge in [-0.3, -0.25) is 9.80 Å². The lowest BCUT2D eigenvalue weighted by Gasteiger charge is -2.43. The molecular weight excluding hydrogens is 340 g/mol. The van der Waals surface area contributed by atoms with Gasteiger partial charge in [-0.05, 0) is 36.2 Å². The van der Waals surface area contributed by atoms with Crippen molar-refractivity contribution >= 4 is 0 Å². The van der Waals surface area contributed by atoms with Crippen LogP contribution in [0.3, 0.4) is 0 Å². The van der Waals surface area contributed by atoms with E-state index in [0.29, 0.717) is 6.54 Å². The average molecular weight is 368 g/mol. The molecule has 2 aliphatic rings. The molecular formula is C22H28N2O3. The van der Waals surface area contributed by atoms with Crippen molar-refractivity contribution in [2.75, 3.05) is 39.4 Å². The van der Waals surface area contributed by atoms with E-state index in [9.17, 15) is 5.11 Å². The summed E-state index contributed by atoms with van der Waals surface area (Å²) in [4.78, 5) is 4.73. The summed E-state index contributed by atoms with van der Waals surface area (Å²) in [7, 11) is 0. The maximum absolute atomic E-state index is 10.7. The van der Waals surface area contributed by atoms with Crippen LogP contribution in [0.15, 0.2) is 54.6 Å². The van der Waals surface area contributed by atoms with E-state index in [1.54, 1.807) is 0 Å². The highest BCUT2D eigenvalue weighted by molar-refractivity contribution is 5.33. The molecule has 0 unspecified atom stereocenters. The number of para-hydroxylation sites is 1. The summed E-state index contributed by atoms with van der Waals surface area (Å²) in [5, 5.41) is 10.7. The topological polar surface area (TPSA) is 45.2 Å². The van der Waals surface area contributed by atoms with Gasteiger partial charge < -0.3 is 14.6 Å². The molecule has 0 radical (unpaired) electrons. The van der Waals surface area contributed by atoms with Gasteiger partial charge in [-0.1, -0.05) is 30.3 Å². The zero-order chi connectivity index (χ0) is 18.5. The first-order valence-electron chi connectivity index (χ1n) is 9.82. The van der Waals surface area contributed by atoms with Gasteiger partial charge in [0, 0.05) is 38.8 Å². The van der Waals surface area contributed by atoms with E-state index in [2.05, 4.69) is 21.9 Å². The molecule has 0 aromatic heterocycles. The number of aliphatic hydroxyl groups excluding tert-OH is 1. The molecule has 2 atom stereocenters. The van der Waals surface area contributed by atoms with Crippen LogP contribution in [-0.4, -0.2) is 66.4 Å². The second-order valence-corrected chi connectivity index (χ2v) is 7.37. The van der Waals surface area contributed by atoms with Crippen LogP contribution in [0, 0.1) is 0 Å². The number of rotatable bonds is 5. The van der Waals surface area contributed by atoms with Crippen LogP contribution >= 0.6 is 0 Å². The predicted octanol–water partition coefficient (Wildman–Crippen LogP) is 2.75. The van der Waals surface area contributed by atoms with Crippen molar-refractivity contribution < 1.29 is 14.6 Å². The summed E-state index contributed by atoms with van der Waals surface area (Å²) < 4.78 is 11.4. The number of piperidine rings is 1. The van der Waals surface area contributed by atoms with Crippen LogP contribution in [0.5, 0.6) is 11.5 Å². The number of hydrogen-bond acceptors (Lipinski definition) is 5. The molecule has 0 aliphatic carbocycles. The molecule has 2 fully saturated rings. The van der Waals surface area contributed by atoms with E-state index in [1.165, 1.54) is 5.56 Å². The summed E-state index contributed by atoms with van der Waals surface area (Å²) in [6, 6.07) is 18.3. The van der Waals surface area contributed by atoms with Crippen LogP contribution in [0.1, 0.15) is 12.0 Å². The third-order valence-corrected chi connectivity index (χ3v) is 5.43. The summed E-state index contributed by atoms with van der Waals surface area (Å²) in [6.07, 6.45) is 0.696. The monoisotopic (exact) mass is 368 g/mol. The maximum atomic E-state index is 10.7. The fraction of sp³-hybridized carbons (Fsp3) is 0.455. The highest BCUT2D eigenvalue weighted by atomic mass is 16.5. The van der Waals surface area contributed by atoms with Crippen molar-refractivity contribution in [2.24, 2.45) is 0 Å². The van der Waals surface area contributed by atoms with Gasteiger partial charge in [-0.2, -0.15) is 0 Å². The number of hydrogen-bond donors (Lipinski definition) is 1. The lowest BCUT2D eigenvalue weighted by Crippen LogP contribution is -2.56. The molecule has 27 heavy (non-hydrogen) atoms. The minimum absolute atomic E-state index is 0.262. The molecule has 0 spiro atoms. The zero-order valence-corrected chi connectivity index (χ0v) is 15.7. The molecule has 144 valence electrons. The Hall–Kier alpha value is -1.92. The van der Waals surface area contributed by atoms with E-state index in [-0.39, 0.29) is 12.1 Å². The Morgan fingerprint density at radius 1 is 0.963 bits per heavy atom. The molecule has 0 amide bonds. The SMILES string of the molecule is O[C@@H]1CN(Cc2cccc(Oc3ccccc3)c2)CC[C@H]1N1CCOCC1. The number of likely N-dealkylation sites (tertiary alicyclic amines) is 1. The van der Waals surface area contributed by atoms with Gasteiger partial charge in [0.2, 0.25) is 0 Å². The highest BCUT2D eigenvalue weighted by Gasteiger charge is 2.32. The van der Waals surface area contributed by atoms with E-state index >= 15 is 0 Å². The van der Waals surface area contributed by atoms with Gasteiger partial charge in [-0.25, -0.2) is 0 Å². The quantitative estimate of drug-likeness (QED) is 0.879. The van der Waals surface area contributed by atoms with Crippen molar-refractivity contribution in [1.29, 1.82) is 0 Å². The van der Waals surface area contributed by atoms with E-state index in [4.69, 9.17) is 9.47 Å². The summed E-state index contributed by atoms with van der Waals surface area (Å²) in [6.45, 7) is 5.97. The molecule has 5 nitrogen and oxygen atoms in total. The Labute approximate surface area is 161 Å². The first-order valence-corrected chi connectivity index (χ1v) is 9.82. The van der Waals surface area contributed by atoms with Gasteiger partial charge in [0.1, 0.15) is 11.5 Å². The van der Waals surface area contributed by atoms with Crippen molar-refractivity contribution in [2.45, 2.75) is 25.1 Å². The fourth-order valence-electron chi connectivity index (χ4n) is 4.05. The summed E-state index contributed by atoms with van der Waals surface area (Å²) >= 11 is 0. The third kappa shape index (κ3) is 4.87. The molecule has 2 heterocycles. The van der Waals surface area contributed by atoms with Crippen molar-refractivity contribution in [1.82, 2.24) is 9.80 Å². The fourth-order valence-corrected chi connectivity index (χ4v) is 4.05. The van der Waals surface area contributed by atoms with E-state index in [0.717, 1.165) is 57.3 Å². The van der Waals surface area contributed by atoms with Crippen molar-refractivity contribution in [3.05, 3.63) is 60.2 Å². The second kappa shape index (κ2) is 8.85. The number of morpholine rings is 1. The molecule has 4 rings (SSSR count). The molecule has 1 N–H and O–H groups in total. The molecule has 0 bridgehead atoms. The minimum atomic E-state index is -0.305. The van der Waals surface area contributed by atoms with Crippen molar-refractivity contribution in [3.8, 4) is 11.5 Å². The molecule has 5 heteroatoms. The number of benzene rings is 2. The molecule has 2 saturated heterocycles. The Kier molecular flexibility index (Phi) is 6.04. The standard InChI is InChI=1S/C22H28N2O3/c25-22-17-23(10-9-21(22)24-11-13-26-14-12-24)16-18-5-4-8-20(15-18)27-19-6-2-1-3-7-19/h1-8,15,21-22,25H,9-14,16-17H2/t21-,22-/m1/s1. The third-order valence-electron chi connectivity index (χ3n) is 5.43. The number of aliphatic hydroxyl groups is 1. The summed E-state index contributed by atoms with van der Waals surface area (Å²) in [5.74, 6) is 1.69.